The van der Waals surface area contributed by atoms with Gasteiger partial charge in [-0.05, 0) is 94.5 Å². The van der Waals surface area contributed by atoms with Crippen LogP contribution in [-0.2, 0) is 0 Å². The highest BCUT2D eigenvalue weighted by Gasteiger charge is 2.24. The number of nitrogens with zero attached hydrogens (tertiary/aromatic N) is 9. The zero-order valence-corrected chi connectivity index (χ0v) is 40.4. The number of hydrogen-bond acceptors (Lipinski definition) is 7. The maximum absolute atomic E-state index is 10.4. The van der Waals surface area contributed by atoms with E-state index >= 15 is 0 Å². The average molecular weight is 968 g/mol. The Labute approximate surface area is 436 Å². The third kappa shape index (κ3) is 7.49. The first-order chi connectivity index (χ1) is 37.5. The minimum atomic E-state index is 0.382. The van der Waals surface area contributed by atoms with Crippen molar-refractivity contribution in [2.75, 3.05) is 0 Å². The van der Waals surface area contributed by atoms with Gasteiger partial charge in [-0.15, -0.1) is 0 Å². The second kappa shape index (κ2) is 18.4. The fourth-order valence-electron chi connectivity index (χ4n) is 10.6. The van der Waals surface area contributed by atoms with Gasteiger partial charge in [0, 0.05) is 49.5 Å². The van der Waals surface area contributed by atoms with Crippen LogP contribution in [0.25, 0.3) is 123 Å². The van der Waals surface area contributed by atoms with Crippen molar-refractivity contribution in [3.05, 3.63) is 247 Å². The maximum Gasteiger partial charge on any atom is 0.166 e. The summed E-state index contributed by atoms with van der Waals surface area (Å²) < 4.78 is 4.56. The average Bonchev–Trinajstić information content (AvgIpc) is 4.01. The molecule has 0 amide bonds. The summed E-state index contributed by atoms with van der Waals surface area (Å²) in [6, 6.07) is 83.5. The number of benzene rings is 10. The molecule has 0 unspecified atom stereocenters. The summed E-state index contributed by atoms with van der Waals surface area (Å²) in [7, 11) is 0. The maximum atomic E-state index is 10.4. The minimum absolute atomic E-state index is 0.382. The molecule has 0 spiro atoms. The molecule has 0 saturated heterocycles. The Balaban J connectivity index is 1.16. The predicted molar refractivity (Wildman–Crippen MR) is 300 cm³/mol. The third-order valence-corrected chi connectivity index (χ3v) is 14.1. The second-order valence-electron chi connectivity index (χ2n) is 18.4. The molecule has 76 heavy (non-hydrogen) atoms. The standard InChI is InChI=1S/C67H37N9/c68-38-42-23-28-52(49(33-42)40-70)47-25-30-56-57-31-26-48(53-29-24-43(39-69)34-50(53)41-71)37-63(57)76(62(56)36-47)61-32-27-46(54-20-12-21-58-55-19-10-11-22-60(55)75(64(54)58)51-17-8-3-9-18-51)35-59(61)67-73-65(44-13-4-1-5-14-44)72-66(74-67)45-15-6-2-7-16-45/h1-37H. The summed E-state index contributed by atoms with van der Waals surface area (Å²) in [6.07, 6.45) is 0. The topological polar surface area (TPSA) is 144 Å². The zero-order valence-electron chi connectivity index (χ0n) is 40.4. The molecule has 0 aliphatic carbocycles. The van der Waals surface area contributed by atoms with E-state index in [1.807, 2.05) is 91.0 Å². The molecule has 3 heterocycles. The summed E-state index contributed by atoms with van der Waals surface area (Å²) in [5, 5.41) is 44.6. The van der Waals surface area contributed by atoms with E-state index in [1.54, 1.807) is 24.3 Å². The highest BCUT2D eigenvalue weighted by molar-refractivity contribution is 6.15. The van der Waals surface area contributed by atoms with Crippen LogP contribution >= 0.6 is 0 Å². The van der Waals surface area contributed by atoms with Crippen LogP contribution in [-0.4, -0.2) is 24.1 Å². The Morgan fingerprint density at radius 3 is 1.36 bits per heavy atom. The van der Waals surface area contributed by atoms with Gasteiger partial charge in [0.05, 0.1) is 74.3 Å². The molecule has 0 bridgehead atoms. The molecule has 0 fully saturated rings. The lowest BCUT2D eigenvalue weighted by molar-refractivity contribution is 1.06. The highest BCUT2D eigenvalue weighted by atomic mass is 15.1. The molecule has 0 aliphatic heterocycles. The van der Waals surface area contributed by atoms with Crippen LogP contribution in [0.3, 0.4) is 0 Å². The summed E-state index contributed by atoms with van der Waals surface area (Å²) in [5.74, 6) is 1.46. The molecule has 9 nitrogen and oxygen atoms in total. The van der Waals surface area contributed by atoms with E-state index < -0.39 is 0 Å². The Hall–Kier alpha value is -11.2. The van der Waals surface area contributed by atoms with E-state index in [0.717, 1.165) is 93.9 Å². The number of hydrogen-bond donors (Lipinski definition) is 0. The molecule has 13 aromatic rings. The van der Waals surface area contributed by atoms with Gasteiger partial charge >= 0.3 is 0 Å². The van der Waals surface area contributed by atoms with E-state index in [0.29, 0.717) is 50.9 Å². The fourth-order valence-corrected chi connectivity index (χ4v) is 10.6. The Morgan fingerprint density at radius 1 is 0.303 bits per heavy atom. The van der Waals surface area contributed by atoms with Crippen LogP contribution in [0.2, 0.25) is 0 Å². The van der Waals surface area contributed by atoms with Crippen LogP contribution in [0.15, 0.2) is 224 Å². The SMILES string of the molecule is N#Cc1ccc(-c2ccc3c4ccc(-c5ccc(C#N)cc5C#N)cc4n(-c4ccc(-c5cccc6c7ccccc7n(-c7ccccc7)c56)cc4-c4nc(-c5ccccc5)nc(-c5ccccc5)n4)c3c2)c(C#N)c1. The molecule has 0 atom stereocenters. The van der Waals surface area contributed by atoms with Crippen molar-refractivity contribution in [1.82, 2.24) is 24.1 Å². The summed E-state index contributed by atoms with van der Waals surface area (Å²) in [4.78, 5) is 15.8. The number of fused-ring (bicyclic) bond motifs is 6. The first-order valence-electron chi connectivity index (χ1n) is 24.6. The Kier molecular flexibility index (Phi) is 10.8. The summed E-state index contributed by atoms with van der Waals surface area (Å²) in [6.45, 7) is 0. The van der Waals surface area contributed by atoms with Crippen LogP contribution in [0, 0.1) is 45.3 Å². The van der Waals surface area contributed by atoms with Crippen LogP contribution in [0.5, 0.6) is 0 Å². The number of para-hydroxylation sites is 3. The van der Waals surface area contributed by atoms with Crippen molar-refractivity contribution in [2.24, 2.45) is 0 Å². The highest BCUT2D eigenvalue weighted by Crippen LogP contribution is 2.44. The van der Waals surface area contributed by atoms with E-state index in [1.165, 1.54) is 0 Å². The van der Waals surface area contributed by atoms with Crippen LogP contribution in [0.4, 0.5) is 0 Å². The minimum Gasteiger partial charge on any atom is -0.309 e. The smallest absolute Gasteiger partial charge is 0.166 e. The molecule has 9 heteroatoms. The lowest BCUT2D eigenvalue weighted by atomic mass is 9.96. The Bertz CT molecular complexity index is 4490. The molecular formula is C67H37N9. The van der Waals surface area contributed by atoms with E-state index in [-0.39, 0.29) is 0 Å². The van der Waals surface area contributed by atoms with Crippen molar-refractivity contribution in [1.29, 1.82) is 21.0 Å². The molecule has 0 radical (unpaired) electrons. The quantitative estimate of drug-likeness (QED) is 0.147. The molecule has 0 aliphatic rings. The Morgan fingerprint density at radius 2 is 0.789 bits per heavy atom. The van der Waals surface area contributed by atoms with Crippen molar-refractivity contribution >= 4 is 43.6 Å². The van der Waals surface area contributed by atoms with Crippen LogP contribution < -0.4 is 0 Å². The number of aromatic nitrogens is 5. The molecule has 3 aromatic heterocycles. The van der Waals surface area contributed by atoms with Gasteiger partial charge in [0.1, 0.15) is 0 Å². The largest absolute Gasteiger partial charge is 0.309 e. The van der Waals surface area contributed by atoms with E-state index in [9.17, 15) is 21.0 Å². The third-order valence-electron chi connectivity index (χ3n) is 14.1. The van der Waals surface area contributed by atoms with Gasteiger partial charge in [0.25, 0.3) is 0 Å². The molecule has 10 aromatic carbocycles. The lowest BCUT2D eigenvalue weighted by Crippen LogP contribution is -2.04. The van der Waals surface area contributed by atoms with Gasteiger partial charge in [-0.2, -0.15) is 21.0 Å². The zero-order chi connectivity index (χ0) is 51.3. The number of nitriles is 4. The first-order valence-corrected chi connectivity index (χ1v) is 24.6. The normalized spacial score (nSPS) is 11.1. The van der Waals surface area contributed by atoms with Crippen molar-refractivity contribution in [3.63, 3.8) is 0 Å². The fraction of sp³-hybridized carbons (Fsp3) is 0. The molecule has 0 N–H and O–H groups in total. The van der Waals surface area contributed by atoms with E-state index in [4.69, 9.17) is 15.0 Å². The predicted octanol–water partition coefficient (Wildman–Crippen LogP) is 15.6. The first kappa shape index (κ1) is 44.7. The molecule has 13 rings (SSSR count). The van der Waals surface area contributed by atoms with Gasteiger partial charge in [0.15, 0.2) is 17.5 Å². The van der Waals surface area contributed by atoms with Gasteiger partial charge in [0.2, 0.25) is 0 Å². The van der Waals surface area contributed by atoms with Crippen molar-refractivity contribution in [2.45, 2.75) is 0 Å². The van der Waals surface area contributed by atoms with E-state index in [2.05, 4.69) is 143 Å². The molecule has 0 saturated carbocycles. The lowest BCUT2D eigenvalue weighted by Gasteiger charge is -2.18. The van der Waals surface area contributed by atoms with Gasteiger partial charge < -0.3 is 9.13 Å². The second-order valence-corrected chi connectivity index (χ2v) is 18.4. The molecular weight excluding hydrogens is 931 g/mol. The number of rotatable bonds is 8. The van der Waals surface area contributed by atoms with Gasteiger partial charge in [-0.3, -0.25) is 0 Å². The summed E-state index contributed by atoms with van der Waals surface area (Å²) in [5.41, 5.74) is 14.4. The summed E-state index contributed by atoms with van der Waals surface area (Å²) >= 11 is 0. The monoisotopic (exact) mass is 967 g/mol. The van der Waals surface area contributed by atoms with Crippen LogP contribution in [0.1, 0.15) is 22.3 Å². The van der Waals surface area contributed by atoms with Crippen molar-refractivity contribution in [3.8, 4) is 103 Å². The van der Waals surface area contributed by atoms with Gasteiger partial charge in [-0.25, -0.2) is 15.0 Å². The van der Waals surface area contributed by atoms with Crippen molar-refractivity contribution < 1.29 is 0 Å². The molecule has 350 valence electrons. The van der Waals surface area contributed by atoms with Gasteiger partial charge in [-0.1, -0.05) is 158 Å².